The normalized spacial score (nSPS) is 10.2. The van der Waals surface area contributed by atoms with Gasteiger partial charge in [0, 0.05) is 17.6 Å². The van der Waals surface area contributed by atoms with Crippen molar-refractivity contribution < 1.29 is 9.53 Å². The van der Waals surface area contributed by atoms with Crippen LogP contribution in [-0.4, -0.2) is 13.0 Å². The second kappa shape index (κ2) is 6.50. The zero-order chi connectivity index (χ0) is 15.4. The summed E-state index contributed by atoms with van der Waals surface area (Å²) >= 11 is 6.08. The standard InChI is InChI=1S/C16H17ClN2O2/c1-3-10-8-12(5-6-13(10)17)21-15-9-11(16(20)19-2)4-7-14(15)18/h4-9H,3,18H2,1-2H3,(H,19,20). The second-order valence-corrected chi connectivity index (χ2v) is 4.95. The number of rotatable bonds is 4. The van der Waals surface area contributed by atoms with Gasteiger partial charge in [-0.3, -0.25) is 4.79 Å². The number of hydrogen-bond acceptors (Lipinski definition) is 3. The fourth-order valence-corrected chi connectivity index (χ4v) is 2.17. The Hall–Kier alpha value is -2.20. The fourth-order valence-electron chi connectivity index (χ4n) is 1.92. The number of benzene rings is 2. The Morgan fingerprint density at radius 2 is 2.05 bits per heavy atom. The lowest BCUT2D eigenvalue weighted by Gasteiger charge is -2.11. The summed E-state index contributed by atoms with van der Waals surface area (Å²) in [5, 5.41) is 3.27. The van der Waals surface area contributed by atoms with Gasteiger partial charge in [0.25, 0.3) is 5.91 Å². The summed E-state index contributed by atoms with van der Waals surface area (Å²) in [6.45, 7) is 2.02. The number of aryl methyl sites for hydroxylation is 1. The number of carbonyl (C=O) groups excluding carboxylic acids is 1. The molecule has 0 heterocycles. The van der Waals surface area contributed by atoms with Crippen LogP contribution in [-0.2, 0) is 6.42 Å². The number of ether oxygens (including phenoxy) is 1. The third kappa shape index (κ3) is 3.47. The van der Waals surface area contributed by atoms with Crippen molar-refractivity contribution in [2.45, 2.75) is 13.3 Å². The molecule has 0 saturated heterocycles. The van der Waals surface area contributed by atoms with Crippen LogP contribution in [0.4, 0.5) is 5.69 Å². The van der Waals surface area contributed by atoms with Crippen molar-refractivity contribution >= 4 is 23.2 Å². The van der Waals surface area contributed by atoms with E-state index in [0.717, 1.165) is 12.0 Å². The van der Waals surface area contributed by atoms with Gasteiger partial charge in [-0.15, -0.1) is 0 Å². The molecular weight excluding hydrogens is 288 g/mol. The van der Waals surface area contributed by atoms with Crippen molar-refractivity contribution in [3.05, 3.63) is 52.5 Å². The molecule has 0 fully saturated rings. The third-order valence-corrected chi connectivity index (χ3v) is 3.50. The van der Waals surface area contributed by atoms with E-state index in [1.807, 2.05) is 13.0 Å². The molecule has 0 aliphatic rings. The first-order valence-electron chi connectivity index (χ1n) is 6.63. The minimum atomic E-state index is -0.190. The molecule has 0 atom stereocenters. The smallest absolute Gasteiger partial charge is 0.251 e. The molecule has 0 saturated carbocycles. The molecule has 0 aliphatic carbocycles. The van der Waals surface area contributed by atoms with Crippen molar-refractivity contribution in [2.24, 2.45) is 0 Å². The van der Waals surface area contributed by atoms with Gasteiger partial charge in [-0.25, -0.2) is 0 Å². The van der Waals surface area contributed by atoms with Crippen LogP contribution in [0.3, 0.4) is 0 Å². The van der Waals surface area contributed by atoms with E-state index in [2.05, 4.69) is 5.32 Å². The Morgan fingerprint density at radius 3 is 2.71 bits per heavy atom. The first-order valence-corrected chi connectivity index (χ1v) is 7.00. The number of amides is 1. The van der Waals surface area contributed by atoms with Gasteiger partial charge in [-0.05, 0) is 48.4 Å². The molecule has 2 rings (SSSR count). The Bertz CT molecular complexity index is 671. The Balaban J connectivity index is 2.32. The highest BCUT2D eigenvalue weighted by molar-refractivity contribution is 6.31. The molecule has 2 aromatic rings. The predicted octanol–water partition coefficient (Wildman–Crippen LogP) is 3.64. The number of anilines is 1. The van der Waals surface area contributed by atoms with E-state index in [9.17, 15) is 4.79 Å². The molecule has 0 radical (unpaired) electrons. The van der Waals surface area contributed by atoms with Gasteiger partial charge >= 0.3 is 0 Å². The number of carbonyl (C=O) groups is 1. The van der Waals surface area contributed by atoms with E-state index in [1.165, 1.54) is 0 Å². The number of nitrogens with one attached hydrogen (secondary N) is 1. The van der Waals surface area contributed by atoms with Gasteiger partial charge in [-0.2, -0.15) is 0 Å². The zero-order valence-corrected chi connectivity index (χ0v) is 12.7. The van der Waals surface area contributed by atoms with Gasteiger partial charge in [0.05, 0.1) is 5.69 Å². The molecule has 1 amide bonds. The molecule has 0 bridgehead atoms. The first-order chi connectivity index (χ1) is 10.0. The average molecular weight is 305 g/mol. The van der Waals surface area contributed by atoms with Crippen molar-refractivity contribution in [2.75, 3.05) is 12.8 Å². The van der Waals surface area contributed by atoms with Crippen LogP contribution < -0.4 is 15.8 Å². The monoisotopic (exact) mass is 304 g/mol. The van der Waals surface area contributed by atoms with E-state index >= 15 is 0 Å². The topological polar surface area (TPSA) is 64.3 Å². The van der Waals surface area contributed by atoms with Crippen molar-refractivity contribution in [1.82, 2.24) is 5.32 Å². The summed E-state index contributed by atoms with van der Waals surface area (Å²) in [7, 11) is 1.58. The van der Waals surface area contributed by atoms with E-state index in [1.54, 1.807) is 37.4 Å². The van der Waals surface area contributed by atoms with Crippen molar-refractivity contribution in [3.63, 3.8) is 0 Å². The average Bonchev–Trinajstić information content (AvgIpc) is 2.50. The van der Waals surface area contributed by atoms with Gasteiger partial charge in [-0.1, -0.05) is 18.5 Å². The van der Waals surface area contributed by atoms with Crippen LogP contribution in [0.15, 0.2) is 36.4 Å². The molecule has 0 aromatic heterocycles. The molecule has 3 N–H and O–H groups in total. The third-order valence-electron chi connectivity index (χ3n) is 3.13. The van der Waals surface area contributed by atoms with E-state index in [4.69, 9.17) is 22.1 Å². The number of nitrogen functional groups attached to an aromatic ring is 1. The van der Waals surface area contributed by atoms with Gasteiger partial charge in [0.15, 0.2) is 5.75 Å². The lowest BCUT2D eigenvalue weighted by molar-refractivity contribution is 0.0963. The largest absolute Gasteiger partial charge is 0.455 e. The Labute approximate surface area is 128 Å². The fraction of sp³-hybridized carbons (Fsp3) is 0.188. The Morgan fingerprint density at radius 1 is 1.29 bits per heavy atom. The maximum absolute atomic E-state index is 11.6. The minimum Gasteiger partial charge on any atom is -0.455 e. The number of halogens is 1. The zero-order valence-electron chi connectivity index (χ0n) is 11.9. The van der Waals surface area contributed by atoms with Crippen LogP contribution in [0.25, 0.3) is 0 Å². The maximum Gasteiger partial charge on any atom is 0.251 e. The maximum atomic E-state index is 11.6. The predicted molar refractivity (Wildman–Crippen MR) is 85.1 cm³/mol. The lowest BCUT2D eigenvalue weighted by atomic mass is 10.1. The molecule has 2 aromatic carbocycles. The molecule has 0 aliphatic heterocycles. The molecule has 5 heteroatoms. The SMILES string of the molecule is CCc1cc(Oc2cc(C(=O)NC)ccc2N)ccc1Cl. The van der Waals surface area contributed by atoms with Crippen LogP contribution in [0, 0.1) is 0 Å². The quantitative estimate of drug-likeness (QED) is 0.848. The van der Waals surface area contributed by atoms with Crippen LogP contribution in [0.1, 0.15) is 22.8 Å². The molecule has 4 nitrogen and oxygen atoms in total. The van der Waals surface area contributed by atoms with E-state index < -0.39 is 0 Å². The van der Waals surface area contributed by atoms with Crippen LogP contribution >= 0.6 is 11.6 Å². The summed E-state index contributed by atoms with van der Waals surface area (Å²) in [5.41, 5.74) is 7.85. The molecule has 110 valence electrons. The Kier molecular flexibility index (Phi) is 4.70. The molecule has 0 spiro atoms. The summed E-state index contributed by atoms with van der Waals surface area (Å²) in [5.74, 6) is 0.891. The highest BCUT2D eigenvalue weighted by atomic mass is 35.5. The van der Waals surface area contributed by atoms with E-state index in [-0.39, 0.29) is 5.91 Å². The van der Waals surface area contributed by atoms with Crippen LogP contribution in [0.2, 0.25) is 5.02 Å². The summed E-state index contributed by atoms with van der Waals surface area (Å²) < 4.78 is 5.78. The first kappa shape index (κ1) is 15.2. The molecule has 21 heavy (non-hydrogen) atoms. The van der Waals surface area contributed by atoms with Crippen molar-refractivity contribution in [1.29, 1.82) is 0 Å². The molecule has 0 unspecified atom stereocenters. The number of hydrogen-bond donors (Lipinski definition) is 2. The van der Waals surface area contributed by atoms with Crippen molar-refractivity contribution in [3.8, 4) is 11.5 Å². The number of nitrogens with two attached hydrogens (primary N) is 1. The summed E-state index contributed by atoms with van der Waals surface area (Å²) in [6.07, 6.45) is 0.809. The van der Waals surface area contributed by atoms with Crippen LogP contribution in [0.5, 0.6) is 11.5 Å². The summed E-state index contributed by atoms with van der Waals surface area (Å²) in [6, 6.07) is 10.3. The second-order valence-electron chi connectivity index (χ2n) is 4.54. The molecular formula is C16H17ClN2O2. The van der Waals surface area contributed by atoms with Gasteiger partial charge < -0.3 is 15.8 Å². The van der Waals surface area contributed by atoms with Gasteiger partial charge in [0.2, 0.25) is 0 Å². The highest BCUT2D eigenvalue weighted by Crippen LogP contribution is 2.31. The summed E-state index contributed by atoms with van der Waals surface area (Å²) in [4.78, 5) is 11.6. The van der Waals surface area contributed by atoms with E-state index in [0.29, 0.717) is 27.8 Å². The highest BCUT2D eigenvalue weighted by Gasteiger charge is 2.09. The minimum absolute atomic E-state index is 0.190. The van der Waals surface area contributed by atoms with Gasteiger partial charge in [0.1, 0.15) is 5.75 Å². The lowest BCUT2D eigenvalue weighted by Crippen LogP contribution is -2.17.